The summed E-state index contributed by atoms with van der Waals surface area (Å²) in [6.07, 6.45) is 0. The molecule has 0 heterocycles. The highest BCUT2D eigenvalue weighted by Gasteiger charge is 2.14. The average Bonchev–Trinajstić information content (AvgIpc) is 1.59. The highest BCUT2D eigenvalue weighted by molar-refractivity contribution is 7.46. The maximum absolute atomic E-state index is 9.89. The zero-order valence-electron chi connectivity index (χ0n) is 4.20. The van der Waals surface area contributed by atoms with Gasteiger partial charge in [-0.3, -0.25) is 4.52 Å². The van der Waals surface area contributed by atoms with Gasteiger partial charge in [0.15, 0.2) is 0 Å². The summed E-state index contributed by atoms with van der Waals surface area (Å²) in [7, 11) is -4.39. The quantitative estimate of drug-likeness (QED) is 0.518. The fourth-order valence-corrected chi connectivity index (χ4v) is 0.798. The van der Waals surface area contributed by atoms with Crippen molar-refractivity contribution < 1.29 is 18.9 Å². The molecule has 4 nitrogen and oxygen atoms in total. The molecule has 0 aliphatic heterocycles. The molecule has 0 spiro atoms. The van der Waals surface area contributed by atoms with E-state index in [2.05, 4.69) is 4.52 Å². The van der Waals surface area contributed by atoms with Gasteiger partial charge >= 0.3 is 7.82 Å². The van der Waals surface area contributed by atoms with E-state index < -0.39 is 12.7 Å². The molecule has 0 fully saturated rings. The van der Waals surface area contributed by atoms with Crippen LogP contribution in [-0.2, 0) is 9.09 Å². The summed E-state index contributed by atoms with van der Waals surface area (Å²) < 4.78 is 13.8. The Morgan fingerprint density at radius 3 is 2.11 bits per heavy atom. The van der Waals surface area contributed by atoms with Gasteiger partial charge in [0, 0.05) is 0 Å². The summed E-state index contributed by atoms with van der Waals surface area (Å²) in [6.45, 7) is -0.368. The smallest absolute Gasteiger partial charge is 0.303 e. The number of phosphoric ester groups is 1. The summed E-state index contributed by atoms with van der Waals surface area (Å²) >= 11 is 10.2. The van der Waals surface area contributed by atoms with Crippen LogP contribution in [0.5, 0.6) is 0 Å². The van der Waals surface area contributed by atoms with Crippen molar-refractivity contribution in [1.82, 2.24) is 0 Å². The Hall–Kier alpha value is 0.690. The van der Waals surface area contributed by atoms with E-state index in [1.54, 1.807) is 0 Å². The molecule has 0 aromatic rings. The molecular weight excluding hydrogens is 190 g/mol. The summed E-state index contributed by atoms with van der Waals surface area (Å²) in [5.41, 5.74) is 0. The van der Waals surface area contributed by atoms with Crippen LogP contribution in [0.3, 0.4) is 0 Å². The maximum atomic E-state index is 9.89. The van der Waals surface area contributed by atoms with Crippen molar-refractivity contribution in [3.8, 4) is 0 Å². The van der Waals surface area contributed by atoms with Gasteiger partial charge < -0.3 is 9.79 Å². The lowest BCUT2D eigenvalue weighted by atomic mass is 10.9. The molecule has 0 rings (SSSR count). The Morgan fingerprint density at radius 1 is 1.56 bits per heavy atom. The van der Waals surface area contributed by atoms with Gasteiger partial charge in [0.2, 0.25) is 0 Å². The minimum absolute atomic E-state index is 0.368. The number of phosphoric acid groups is 1. The molecular formula is C2H5Cl2O4P. The summed E-state index contributed by atoms with van der Waals surface area (Å²) in [6, 6.07) is 0. The largest absolute Gasteiger partial charge is 0.469 e. The molecule has 0 aromatic heterocycles. The van der Waals surface area contributed by atoms with Crippen molar-refractivity contribution in [3.63, 3.8) is 0 Å². The second-order valence-electron chi connectivity index (χ2n) is 1.18. The fourth-order valence-electron chi connectivity index (χ4n) is 0.153. The molecule has 0 aliphatic rings. The van der Waals surface area contributed by atoms with Crippen LogP contribution in [0.1, 0.15) is 0 Å². The Bertz CT molecular complexity index is 120. The number of hydrogen-bond acceptors (Lipinski definition) is 2. The van der Waals surface area contributed by atoms with Crippen LogP contribution in [0.25, 0.3) is 0 Å². The molecule has 0 aromatic carbocycles. The lowest BCUT2D eigenvalue weighted by molar-refractivity contribution is 0.204. The number of halogens is 2. The molecule has 2 N–H and O–H groups in total. The SMILES string of the molecule is O=P(O)(O)OCC(Cl)Cl. The van der Waals surface area contributed by atoms with Gasteiger partial charge in [-0.15, -0.1) is 23.2 Å². The van der Waals surface area contributed by atoms with Crippen molar-refractivity contribution in [1.29, 1.82) is 0 Å². The second kappa shape index (κ2) is 3.76. The van der Waals surface area contributed by atoms with E-state index in [0.29, 0.717) is 0 Å². The van der Waals surface area contributed by atoms with Crippen molar-refractivity contribution in [2.75, 3.05) is 6.61 Å². The summed E-state index contributed by atoms with van der Waals surface area (Å²) in [4.78, 5) is 15.2. The number of rotatable bonds is 3. The van der Waals surface area contributed by atoms with E-state index in [9.17, 15) is 4.57 Å². The zero-order chi connectivity index (χ0) is 7.49. The van der Waals surface area contributed by atoms with Gasteiger partial charge in [0.1, 0.15) is 4.84 Å². The molecule has 0 amide bonds. The molecule has 0 saturated heterocycles. The predicted octanol–water partition coefficient (Wildman–Crippen LogP) is 0.899. The highest BCUT2D eigenvalue weighted by Crippen LogP contribution is 2.36. The van der Waals surface area contributed by atoms with Crippen LogP contribution in [0.2, 0.25) is 0 Å². The third-order valence-corrected chi connectivity index (χ3v) is 1.11. The van der Waals surface area contributed by atoms with Crippen molar-refractivity contribution in [2.45, 2.75) is 4.84 Å². The van der Waals surface area contributed by atoms with E-state index in [0.717, 1.165) is 0 Å². The lowest BCUT2D eigenvalue weighted by Crippen LogP contribution is -1.99. The molecule has 0 bridgehead atoms. The Labute approximate surface area is 62.0 Å². The van der Waals surface area contributed by atoms with E-state index in [-0.39, 0.29) is 6.61 Å². The summed E-state index contributed by atoms with van der Waals surface area (Å²) in [5, 5.41) is 0. The van der Waals surface area contributed by atoms with Gasteiger partial charge in [-0.25, -0.2) is 4.57 Å². The minimum atomic E-state index is -4.39. The van der Waals surface area contributed by atoms with Gasteiger partial charge in [-0.1, -0.05) is 0 Å². The predicted molar refractivity (Wildman–Crippen MR) is 33.5 cm³/mol. The molecule has 56 valence electrons. The monoisotopic (exact) mass is 194 g/mol. The zero-order valence-corrected chi connectivity index (χ0v) is 6.60. The van der Waals surface area contributed by atoms with E-state index in [1.165, 1.54) is 0 Å². The van der Waals surface area contributed by atoms with E-state index in [4.69, 9.17) is 33.0 Å². The average molecular weight is 195 g/mol. The van der Waals surface area contributed by atoms with E-state index >= 15 is 0 Å². The third kappa shape index (κ3) is 8.69. The Balaban J connectivity index is 3.40. The van der Waals surface area contributed by atoms with Crippen LogP contribution < -0.4 is 0 Å². The molecule has 0 saturated carbocycles. The van der Waals surface area contributed by atoms with Crippen LogP contribution in [0.15, 0.2) is 0 Å². The van der Waals surface area contributed by atoms with Gasteiger partial charge in [0.05, 0.1) is 6.61 Å². The standard InChI is InChI=1S/C2H5Cl2O4P/c3-2(4)1-8-9(5,6)7/h2H,1H2,(H2,5,6,7). The van der Waals surface area contributed by atoms with E-state index in [1.807, 2.05) is 0 Å². The molecule has 0 unspecified atom stereocenters. The second-order valence-corrected chi connectivity index (χ2v) is 3.69. The van der Waals surface area contributed by atoms with Gasteiger partial charge in [0.25, 0.3) is 0 Å². The van der Waals surface area contributed by atoms with Crippen LogP contribution >= 0.6 is 31.0 Å². The van der Waals surface area contributed by atoms with Gasteiger partial charge in [-0.05, 0) is 0 Å². The fraction of sp³-hybridized carbons (Fsp3) is 1.00. The summed E-state index contributed by atoms with van der Waals surface area (Å²) in [5.74, 6) is 0. The van der Waals surface area contributed by atoms with Crippen molar-refractivity contribution >= 4 is 31.0 Å². The van der Waals surface area contributed by atoms with Crippen LogP contribution in [-0.4, -0.2) is 21.2 Å². The number of alkyl halides is 2. The topological polar surface area (TPSA) is 66.8 Å². The molecule has 0 aliphatic carbocycles. The van der Waals surface area contributed by atoms with Crippen molar-refractivity contribution in [3.05, 3.63) is 0 Å². The molecule has 7 heteroatoms. The normalized spacial score (nSPS) is 12.6. The first kappa shape index (κ1) is 9.69. The molecule has 9 heavy (non-hydrogen) atoms. The first-order valence-electron chi connectivity index (χ1n) is 1.90. The first-order valence-corrected chi connectivity index (χ1v) is 4.30. The van der Waals surface area contributed by atoms with Crippen molar-refractivity contribution in [2.24, 2.45) is 0 Å². The first-order chi connectivity index (χ1) is 3.92. The van der Waals surface area contributed by atoms with Gasteiger partial charge in [-0.2, -0.15) is 0 Å². The Morgan fingerprint density at radius 2 is 2.00 bits per heavy atom. The number of hydrogen-bond donors (Lipinski definition) is 2. The van der Waals surface area contributed by atoms with Crippen LogP contribution in [0.4, 0.5) is 0 Å². The minimum Gasteiger partial charge on any atom is -0.303 e. The molecule has 0 atom stereocenters. The third-order valence-electron chi connectivity index (χ3n) is 0.369. The van der Waals surface area contributed by atoms with Crippen LogP contribution in [0, 0.1) is 0 Å². The maximum Gasteiger partial charge on any atom is 0.469 e. The Kier molecular flexibility index (Phi) is 4.05. The highest BCUT2D eigenvalue weighted by atomic mass is 35.5. The lowest BCUT2D eigenvalue weighted by Gasteiger charge is -2.03. The molecule has 0 radical (unpaired) electrons.